The van der Waals surface area contributed by atoms with Crippen LogP contribution in [0.5, 0.6) is 0 Å². The molecule has 0 aromatic rings. The van der Waals surface area contributed by atoms with E-state index in [0.29, 0.717) is 45.4 Å². The summed E-state index contributed by atoms with van der Waals surface area (Å²) in [6.07, 6.45) is 7.36. The summed E-state index contributed by atoms with van der Waals surface area (Å²) in [7, 11) is 0. The van der Waals surface area contributed by atoms with E-state index in [1.165, 1.54) is 0 Å². The lowest BCUT2D eigenvalue weighted by atomic mass is 9.70. The lowest BCUT2D eigenvalue weighted by Crippen LogP contribution is -2.60. The summed E-state index contributed by atoms with van der Waals surface area (Å²) in [5.41, 5.74) is -1.55. The molecule has 38 heavy (non-hydrogen) atoms. The van der Waals surface area contributed by atoms with Crippen LogP contribution in [0.15, 0.2) is 25.3 Å². The van der Waals surface area contributed by atoms with Crippen LogP contribution in [0, 0.1) is 11.8 Å². The maximum Gasteiger partial charge on any atom is 0.249 e. The third-order valence-electron chi connectivity index (χ3n) is 8.16. The minimum absolute atomic E-state index is 0.101. The summed E-state index contributed by atoms with van der Waals surface area (Å²) in [5, 5.41) is 9.14. The fourth-order valence-corrected chi connectivity index (χ4v) is 7.52. The molecular weight excluding hydrogens is 550 g/mol. The standard InChI is InChI=1S/C29H46BrN3O5/c1-7-14-31(15-8-2)25(35)21-22-26(36)32(17-12-10-11-13-18-34)24(29(22)19-20(30)23(21)38-29)27(37)33(16-9-3)28(4,5)6/h7,9,20-24,34H,1,3,8,10-19H2,2,4-6H3/t20?,21-,22+,23-,24?,29?/m1/s1. The van der Waals surface area contributed by atoms with E-state index >= 15 is 0 Å². The summed E-state index contributed by atoms with van der Waals surface area (Å²) in [6.45, 7) is 17.5. The van der Waals surface area contributed by atoms with Crippen molar-refractivity contribution in [3.63, 3.8) is 0 Å². The van der Waals surface area contributed by atoms with Gasteiger partial charge >= 0.3 is 0 Å². The van der Waals surface area contributed by atoms with Gasteiger partial charge in [-0.3, -0.25) is 14.4 Å². The molecule has 0 saturated carbocycles. The molecule has 9 heteroatoms. The fourth-order valence-electron chi connectivity index (χ4n) is 6.58. The Hall–Kier alpha value is -1.71. The average molecular weight is 597 g/mol. The zero-order valence-corrected chi connectivity index (χ0v) is 25.1. The Kier molecular flexibility index (Phi) is 10.3. The van der Waals surface area contributed by atoms with Crippen molar-refractivity contribution in [3.8, 4) is 0 Å². The number of aliphatic hydroxyl groups excluding tert-OH is 1. The number of nitrogens with zero attached hydrogens (tertiary/aromatic N) is 3. The summed E-state index contributed by atoms with van der Waals surface area (Å²) in [4.78, 5) is 47.6. The van der Waals surface area contributed by atoms with Gasteiger partial charge in [0.2, 0.25) is 17.7 Å². The maximum absolute atomic E-state index is 14.4. The Morgan fingerprint density at radius 1 is 1.16 bits per heavy atom. The van der Waals surface area contributed by atoms with E-state index in [2.05, 4.69) is 29.1 Å². The van der Waals surface area contributed by atoms with E-state index in [4.69, 9.17) is 9.84 Å². The third kappa shape index (κ3) is 5.61. The minimum atomic E-state index is -1.06. The highest BCUT2D eigenvalue weighted by Gasteiger charge is 2.77. The SMILES string of the molecule is C=CCN(CCC)C(=O)[C@H]1[C@@H]2OC3(CC2Br)C(C(=O)N(CC=C)C(C)(C)C)N(CCCCCCO)C(=O)[C@H]13. The van der Waals surface area contributed by atoms with Gasteiger partial charge in [-0.2, -0.15) is 0 Å². The first-order valence-corrected chi connectivity index (χ1v) is 15.0. The highest BCUT2D eigenvalue weighted by atomic mass is 79.9. The molecule has 3 rings (SSSR count). The first-order valence-electron chi connectivity index (χ1n) is 14.0. The van der Waals surface area contributed by atoms with Crippen molar-refractivity contribution in [1.29, 1.82) is 0 Å². The predicted octanol–water partition coefficient (Wildman–Crippen LogP) is 3.52. The minimum Gasteiger partial charge on any atom is -0.396 e. The molecule has 0 aliphatic carbocycles. The first kappa shape index (κ1) is 30.8. The van der Waals surface area contributed by atoms with E-state index in [1.807, 2.05) is 27.7 Å². The Balaban J connectivity index is 2.04. The van der Waals surface area contributed by atoms with Crippen molar-refractivity contribution < 1.29 is 24.2 Å². The number of hydrogen-bond donors (Lipinski definition) is 1. The summed E-state index contributed by atoms with van der Waals surface area (Å²) in [5.74, 6) is -1.77. The molecule has 3 saturated heterocycles. The maximum atomic E-state index is 14.4. The molecule has 3 unspecified atom stereocenters. The summed E-state index contributed by atoms with van der Waals surface area (Å²) in [6, 6.07) is -0.807. The smallest absolute Gasteiger partial charge is 0.249 e. The number of aliphatic hydroxyl groups is 1. The molecule has 3 heterocycles. The lowest BCUT2D eigenvalue weighted by molar-refractivity contribution is -0.151. The second-order valence-corrected chi connectivity index (χ2v) is 13.0. The van der Waals surface area contributed by atoms with E-state index in [0.717, 1.165) is 19.3 Å². The molecule has 1 spiro atoms. The van der Waals surface area contributed by atoms with Gasteiger partial charge in [0.25, 0.3) is 0 Å². The fraction of sp³-hybridized carbons (Fsp3) is 0.759. The van der Waals surface area contributed by atoms with Crippen LogP contribution in [0.1, 0.15) is 66.2 Å². The van der Waals surface area contributed by atoms with E-state index < -0.39 is 35.1 Å². The van der Waals surface area contributed by atoms with E-state index in [-0.39, 0.29) is 29.2 Å². The normalized spacial score (nSPS) is 29.9. The molecule has 2 bridgehead atoms. The molecule has 0 aromatic heterocycles. The topological polar surface area (TPSA) is 90.4 Å². The van der Waals surface area contributed by atoms with Crippen LogP contribution in [0.4, 0.5) is 0 Å². The number of amides is 3. The van der Waals surface area contributed by atoms with Gasteiger partial charge < -0.3 is 24.5 Å². The predicted molar refractivity (Wildman–Crippen MR) is 152 cm³/mol. The number of carbonyl (C=O) groups excluding carboxylic acids is 3. The van der Waals surface area contributed by atoms with Crippen molar-refractivity contribution in [2.24, 2.45) is 11.8 Å². The molecule has 214 valence electrons. The number of fused-ring (bicyclic) bond motifs is 1. The van der Waals surface area contributed by atoms with Crippen LogP contribution >= 0.6 is 15.9 Å². The molecule has 0 radical (unpaired) electrons. The number of halogens is 1. The number of alkyl halides is 1. The van der Waals surface area contributed by atoms with Gasteiger partial charge in [0.05, 0.1) is 17.9 Å². The van der Waals surface area contributed by atoms with Crippen LogP contribution < -0.4 is 0 Å². The zero-order valence-electron chi connectivity index (χ0n) is 23.5. The van der Waals surface area contributed by atoms with Gasteiger partial charge in [0, 0.05) is 43.2 Å². The molecule has 0 aromatic carbocycles. The van der Waals surface area contributed by atoms with Crippen molar-refractivity contribution in [3.05, 3.63) is 25.3 Å². The van der Waals surface area contributed by atoms with Crippen LogP contribution in [0.25, 0.3) is 0 Å². The number of ether oxygens (including phenoxy) is 1. The second kappa shape index (κ2) is 12.6. The monoisotopic (exact) mass is 595 g/mol. The number of carbonyl (C=O) groups is 3. The first-order chi connectivity index (χ1) is 18.0. The van der Waals surface area contributed by atoms with Crippen LogP contribution in [-0.4, -0.2) is 98.4 Å². The van der Waals surface area contributed by atoms with Crippen molar-refractivity contribution >= 4 is 33.7 Å². The number of hydrogen-bond acceptors (Lipinski definition) is 5. The molecular formula is C29H46BrN3O5. The van der Waals surface area contributed by atoms with Crippen molar-refractivity contribution in [2.45, 2.75) is 94.3 Å². The van der Waals surface area contributed by atoms with Gasteiger partial charge in [-0.25, -0.2) is 0 Å². The van der Waals surface area contributed by atoms with Crippen LogP contribution in [0.3, 0.4) is 0 Å². The number of rotatable bonds is 14. The molecule has 8 nitrogen and oxygen atoms in total. The third-order valence-corrected chi connectivity index (χ3v) is 9.00. The van der Waals surface area contributed by atoms with Gasteiger partial charge in [-0.1, -0.05) is 47.8 Å². The van der Waals surface area contributed by atoms with Gasteiger partial charge in [0.1, 0.15) is 11.6 Å². The molecule has 3 fully saturated rings. The Labute approximate surface area is 236 Å². The van der Waals surface area contributed by atoms with Crippen molar-refractivity contribution in [1.82, 2.24) is 14.7 Å². The van der Waals surface area contributed by atoms with Gasteiger partial charge in [-0.15, -0.1) is 13.2 Å². The Bertz CT molecular complexity index is 905. The molecule has 3 aliphatic heterocycles. The molecule has 3 aliphatic rings. The average Bonchev–Trinajstić information content (AvgIpc) is 3.44. The van der Waals surface area contributed by atoms with Crippen LogP contribution in [0.2, 0.25) is 0 Å². The summed E-state index contributed by atoms with van der Waals surface area (Å²) < 4.78 is 6.67. The molecule has 1 N–H and O–H groups in total. The second-order valence-electron chi connectivity index (χ2n) is 11.8. The van der Waals surface area contributed by atoms with Crippen LogP contribution in [-0.2, 0) is 19.1 Å². The Morgan fingerprint density at radius 2 is 1.82 bits per heavy atom. The highest BCUT2D eigenvalue weighted by Crippen LogP contribution is 2.60. The highest BCUT2D eigenvalue weighted by molar-refractivity contribution is 9.09. The van der Waals surface area contributed by atoms with Gasteiger partial charge in [0.15, 0.2) is 0 Å². The van der Waals surface area contributed by atoms with Crippen molar-refractivity contribution in [2.75, 3.05) is 32.8 Å². The lowest BCUT2D eigenvalue weighted by Gasteiger charge is -2.42. The quantitative estimate of drug-likeness (QED) is 0.188. The largest absolute Gasteiger partial charge is 0.396 e. The zero-order chi connectivity index (χ0) is 28.3. The Morgan fingerprint density at radius 3 is 2.39 bits per heavy atom. The molecule has 6 atom stereocenters. The summed E-state index contributed by atoms with van der Waals surface area (Å²) >= 11 is 3.76. The molecule has 3 amide bonds. The van der Waals surface area contributed by atoms with E-state index in [1.54, 1.807) is 26.9 Å². The van der Waals surface area contributed by atoms with E-state index in [9.17, 15) is 14.4 Å². The number of likely N-dealkylation sites (tertiary alicyclic amines) is 1. The number of unbranched alkanes of at least 4 members (excludes halogenated alkanes) is 3. The van der Waals surface area contributed by atoms with Gasteiger partial charge in [-0.05, 0) is 46.5 Å².